The van der Waals surface area contributed by atoms with Gasteiger partial charge in [-0.2, -0.15) is 0 Å². The molecule has 7 heteroatoms. The van der Waals surface area contributed by atoms with Crippen LogP contribution in [0.15, 0.2) is 85.2 Å². The molecular weight excluding hydrogens is 444 g/mol. The first kappa shape index (κ1) is 23.6. The molecule has 0 aliphatic carbocycles. The summed E-state index contributed by atoms with van der Waals surface area (Å²) in [6.45, 7) is 0.565. The molecule has 0 fully saturated rings. The topological polar surface area (TPSA) is 114 Å². The van der Waals surface area contributed by atoms with E-state index >= 15 is 0 Å². The van der Waals surface area contributed by atoms with Crippen LogP contribution in [0.1, 0.15) is 44.9 Å². The molecule has 6 N–H and O–H groups in total. The van der Waals surface area contributed by atoms with Crippen LogP contribution >= 0.6 is 11.3 Å². The van der Waals surface area contributed by atoms with Gasteiger partial charge in [0.05, 0.1) is 10.9 Å². The highest BCUT2D eigenvalue weighted by atomic mass is 32.1. The van der Waals surface area contributed by atoms with Crippen molar-refractivity contribution in [1.29, 1.82) is 0 Å². The number of thiophene rings is 1. The minimum Gasteiger partial charge on any atom is -0.508 e. The van der Waals surface area contributed by atoms with Crippen LogP contribution < -0.4 is 16.8 Å². The molecule has 2 aromatic carbocycles. The number of aromatic nitrogens is 1. The van der Waals surface area contributed by atoms with E-state index < -0.39 is 6.04 Å². The standard InChI is InChI=1S/C27H28N4O2S/c28-14-13-18-6-1-2-8-20(18)25-11-12-26(34-25)27(33)31-23(21-9-3-4-10-24(21)32)16-22(29)19-7-5-15-30-17-19/h1-12,15,17,22-23,32H,13-14,16,28-29H2,(H,31,33). The van der Waals surface area contributed by atoms with E-state index in [0.29, 0.717) is 23.4 Å². The first-order valence-electron chi connectivity index (χ1n) is 11.2. The van der Waals surface area contributed by atoms with Crippen LogP contribution in [-0.2, 0) is 6.42 Å². The van der Waals surface area contributed by atoms with Gasteiger partial charge in [0.15, 0.2) is 0 Å². The smallest absolute Gasteiger partial charge is 0.261 e. The summed E-state index contributed by atoms with van der Waals surface area (Å²) in [4.78, 5) is 19.0. The molecule has 174 valence electrons. The molecule has 0 aliphatic rings. The summed E-state index contributed by atoms with van der Waals surface area (Å²) in [6, 6.07) is 21.8. The average molecular weight is 473 g/mol. The van der Waals surface area contributed by atoms with E-state index in [1.54, 1.807) is 30.6 Å². The summed E-state index contributed by atoms with van der Waals surface area (Å²) in [5.41, 5.74) is 16.0. The normalized spacial score (nSPS) is 12.8. The van der Waals surface area contributed by atoms with Gasteiger partial charge in [0.25, 0.3) is 5.91 Å². The van der Waals surface area contributed by atoms with Crippen molar-refractivity contribution in [3.05, 3.63) is 107 Å². The van der Waals surface area contributed by atoms with Crippen LogP contribution in [0.25, 0.3) is 10.4 Å². The molecule has 4 rings (SSSR count). The highest BCUT2D eigenvalue weighted by Crippen LogP contribution is 2.33. The Hall–Kier alpha value is -3.52. The quantitative estimate of drug-likeness (QED) is 0.285. The molecule has 0 saturated carbocycles. The number of aromatic hydroxyl groups is 1. The number of carbonyl (C=O) groups is 1. The first-order valence-corrected chi connectivity index (χ1v) is 12.0. The van der Waals surface area contributed by atoms with Gasteiger partial charge in [-0.25, -0.2) is 0 Å². The van der Waals surface area contributed by atoms with E-state index in [4.69, 9.17) is 11.5 Å². The molecule has 2 heterocycles. The summed E-state index contributed by atoms with van der Waals surface area (Å²) in [7, 11) is 0. The summed E-state index contributed by atoms with van der Waals surface area (Å²) in [6.07, 6.45) is 4.60. The zero-order valence-corrected chi connectivity index (χ0v) is 19.5. The van der Waals surface area contributed by atoms with Gasteiger partial charge in [-0.05, 0) is 60.3 Å². The number of benzene rings is 2. The van der Waals surface area contributed by atoms with Crippen LogP contribution in [0.4, 0.5) is 0 Å². The molecule has 4 aromatic rings. The van der Waals surface area contributed by atoms with Crippen LogP contribution in [0.5, 0.6) is 5.75 Å². The second-order valence-corrected chi connectivity index (χ2v) is 9.16. The summed E-state index contributed by atoms with van der Waals surface area (Å²) < 4.78 is 0. The second-order valence-electron chi connectivity index (χ2n) is 8.07. The van der Waals surface area contributed by atoms with Gasteiger partial charge in [0.2, 0.25) is 0 Å². The number of phenolic OH excluding ortho intramolecular Hbond substituents is 1. The molecule has 1 amide bonds. The number of carbonyl (C=O) groups excluding carboxylic acids is 1. The second kappa shape index (κ2) is 11.1. The van der Waals surface area contributed by atoms with Gasteiger partial charge in [0.1, 0.15) is 5.75 Å². The van der Waals surface area contributed by atoms with E-state index in [2.05, 4.69) is 22.4 Å². The number of amides is 1. The van der Waals surface area contributed by atoms with Crippen molar-refractivity contribution in [1.82, 2.24) is 10.3 Å². The molecule has 34 heavy (non-hydrogen) atoms. The van der Waals surface area contributed by atoms with Crippen LogP contribution in [0.2, 0.25) is 0 Å². The van der Waals surface area contributed by atoms with Gasteiger partial charge in [-0.15, -0.1) is 11.3 Å². The summed E-state index contributed by atoms with van der Waals surface area (Å²) >= 11 is 1.43. The lowest BCUT2D eigenvalue weighted by Gasteiger charge is -2.23. The third-order valence-corrected chi connectivity index (χ3v) is 6.86. The van der Waals surface area contributed by atoms with Crippen molar-refractivity contribution in [3.8, 4) is 16.2 Å². The van der Waals surface area contributed by atoms with E-state index in [1.807, 2.05) is 42.5 Å². The number of hydrogen-bond acceptors (Lipinski definition) is 6. The fourth-order valence-electron chi connectivity index (χ4n) is 4.00. The maximum absolute atomic E-state index is 13.3. The Balaban J connectivity index is 1.57. The van der Waals surface area contributed by atoms with Gasteiger partial charge in [0, 0.05) is 28.9 Å². The van der Waals surface area contributed by atoms with Crippen molar-refractivity contribution in [2.24, 2.45) is 11.5 Å². The van der Waals surface area contributed by atoms with E-state index in [-0.39, 0.29) is 17.7 Å². The lowest BCUT2D eigenvalue weighted by atomic mass is 9.95. The molecule has 2 aromatic heterocycles. The molecule has 6 nitrogen and oxygen atoms in total. The Kier molecular flexibility index (Phi) is 7.69. The fourth-order valence-corrected chi connectivity index (χ4v) is 4.97. The zero-order chi connectivity index (χ0) is 23.9. The minimum absolute atomic E-state index is 0.119. The number of rotatable bonds is 9. The minimum atomic E-state index is -0.473. The molecule has 0 saturated heterocycles. The first-order chi connectivity index (χ1) is 16.6. The van der Waals surface area contributed by atoms with E-state index in [0.717, 1.165) is 28.0 Å². The third-order valence-electron chi connectivity index (χ3n) is 5.75. The number of nitrogens with one attached hydrogen (secondary N) is 1. The maximum atomic E-state index is 13.3. The van der Waals surface area contributed by atoms with Gasteiger partial charge in [-0.3, -0.25) is 9.78 Å². The molecule has 2 atom stereocenters. The Bertz CT molecular complexity index is 1240. The largest absolute Gasteiger partial charge is 0.508 e. The Morgan fingerprint density at radius 1 is 1.03 bits per heavy atom. The Morgan fingerprint density at radius 2 is 1.82 bits per heavy atom. The number of nitrogens with two attached hydrogens (primary N) is 2. The number of pyridine rings is 1. The molecular formula is C27H28N4O2S. The maximum Gasteiger partial charge on any atom is 0.261 e. The SMILES string of the molecule is NCCc1ccccc1-c1ccc(C(=O)NC(CC(N)c2cccnc2)c2ccccc2O)s1. The Morgan fingerprint density at radius 3 is 2.59 bits per heavy atom. The van der Waals surface area contributed by atoms with Gasteiger partial charge >= 0.3 is 0 Å². The number of nitrogens with zero attached hydrogens (tertiary/aromatic N) is 1. The fraction of sp³-hybridized carbons (Fsp3) is 0.185. The molecule has 2 unspecified atom stereocenters. The number of hydrogen-bond donors (Lipinski definition) is 4. The summed E-state index contributed by atoms with van der Waals surface area (Å²) in [5.74, 6) is -0.0898. The predicted octanol–water partition coefficient (Wildman–Crippen LogP) is 4.58. The van der Waals surface area contributed by atoms with Crippen molar-refractivity contribution in [2.75, 3.05) is 6.54 Å². The molecule has 0 radical (unpaired) electrons. The molecule has 0 aliphatic heterocycles. The Labute approximate surface area is 203 Å². The van der Waals surface area contributed by atoms with Gasteiger partial charge in [-0.1, -0.05) is 48.5 Å². The van der Waals surface area contributed by atoms with Crippen LogP contribution in [0, 0.1) is 0 Å². The van der Waals surface area contributed by atoms with E-state index in [9.17, 15) is 9.90 Å². The average Bonchev–Trinajstić information content (AvgIpc) is 3.35. The highest BCUT2D eigenvalue weighted by molar-refractivity contribution is 7.17. The lowest BCUT2D eigenvalue weighted by molar-refractivity contribution is 0.0937. The highest BCUT2D eigenvalue weighted by Gasteiger charge is 2.23. The molecule has 0 bridgehead atoms. The van der Waals surface area contributed by atoms with Gasteiger partial charge < -0.3 is 21.9 Å². The van der Waals surface area contributed by atoms with Crippen molar-refractivity contribution in [3.63, 3.8) is 0 Å². The summed E-state index contributed by atoms with van der Waals surface area (Å²) in [5, 5.41) is 13.6. The molecule has 0 spiro atoms. The van der Waals surface area contributed by atoms with Crippen molar-refractivity contribution < 1.29 is 9.90 Å². The van der Waals surface area contributed by atoms with E-state index in [1.165, 1.54) is 11.3 Å². The monoisotopic (exact) mass is 472 g/mol. The zero-order valence-electron chi connectivity index (χ0n) is 18.7. The number of phenols is 1. The third kappa shape index (κ3) is 5.51. The number of para-hydroxylation sites is 1. The lowest BCUT2D eigenvalue weighted by Crippen LogP contribution is -2.30. The van der Waals surface area contributed by atoms with Crippen molar-refractivity contribution in [2.45, 2.75) is 24.9 Å². The van der Waals surface area contributed by atoms with Crippen molar-refractivity contribution >= 4 is 17.2 Å². The predicted molar refractivity (Wildman–Crippen MR) is 137 cm³/mol. The van der Waals surface area contributed by atoms with Crippen LogP contribution in [0.3, 0.4) is 0 Å². The van der Waals surface area contributed by atoms with Crippen LogP contribution in [-0.4, -0.2) is 22.5 Å².